The third kappa shape index (κ3) is 1.88. The van der Waals surface area contributed by atoms with Crippen LogP contribution in [0.25, 0.3) is 42.6 Å². The van der Waals surface area contributed by atoms with Crippen LogP contribution >= 0.6 is 11.3 Å². The van der Waals surface area contributed by atoms with E-state index in [1.165, 1.54) is 48.0 Å². The summed E-state index contributed by atoms with van der Waals surface area (Å²) in [5.74, 6) is 0. The van der Waals surface area contributed by atoms with Crippen LogP contribution in [0.1, 0.15) is 11.1 Å². The monoisotopic (exact) mass is 349 g/mol. The number of thiophene rings is 1. The molecule has 0 unspecified atom stereocenters. The van der Waals surface area contributed by atoms with Crippen LogP contribution in [0, 0.1) is 0 Å². The van der Waals surface area contributed by atoms with Crippen LogP contribution in [0.15, 0.2) is 79.0 Å². The Balaban J connectivity index is 1.63. The summed E-state index contributed by atoms with van der Waals surface area (Å²) in [4.78, 5) is 4.59. The maximum Gasteiger partial charge on any atom is 0.0705 e. The van der Waals surface area contributed by atoms with Crippen LogP contribution < -0.4 is 0 Å². The highest BCUT2D eigenvalue weighted by atomic mass is 32.1. The molecular formula is C24H15NS. The van der Waals surface area contributed by atoms with Crippen LogP contribution in [-0.2, 0) is 6.42 Å². The molecule has 5 aromatic rings. The number of nitrogens with zero attached hydrogens (tertiary/aromatic N) is 1. The molecule has 0 aliphatic heterocycles. The normalized spacial score (nSPS) is 12.5. The fourth-order valence-electron chi connectivity index (χ4n) is 4.24. The number of benzene rings is 3. The molecule has 6 rings (SSSR count). The summed E-state index contributed by atoms with van der Waals surface area (Å²) in [5.41, 5.74) is 7.95. The van der Waals surface area contributed by atoms with Gasteiger partial charge >= 0.3 is 0 Å². The summed E-state index contributed by atoms with van der Waals surface area (Å²) in [6.07, 6.45) is 2.86. The highest BCUT2D eigenvalue weighted by Crippen LogP contribution is 2.47. The first-order valence-corrected chi connectivity index (χ1v) is 9.68. The fraction of sp³-hybridized carbons (Fsp3) is 0.0417. The van der Waals surface area contributed by atoms with Gasteiger partial charge in [-0.15, -0.1) is 11.3 Å². The van der Waals surface area contributed by atoms with E-state index in [9.17, 15) is 0 Å². The van der Waals surface area contributed by atoms with Crippen LogP contribution in [0.3, 0.4) is 0 Å². The lowest BCUT2D eigenvalue weighted by Crippen LogP contribution is -1.89. The van der Waals surface area contributed by atoms with E-state index in [4.69, 9.17) is 0 Å². The molecule has 1 aliphatic rings. The molecule has 2 heterocycles. The van der Waals surface area contributed by atoms with Gasteiger partial charge < -0.3 is 0 Å². The van der Waals surface area contributed by atoms with Crippen molar-refractivity contribution in [2.75, 3.05) is 0 Å². The highest BCUT2D eigenvalue weighted by molar-refractivity contribution is 7.26. The lowest BCUT2D eigenvalue weighted by molar-refractivity contribution is 1.25. The van der Waals surface area contributed by atoms with Crippen LogP contribution in [0.5, 0.6) is 0 Å². The average molecular weight is 349 g/mol. The number of aromatic nitrogens is 1. The number of fused-ring (bicyclic) bond motifs is 7. The summed E-state index contributed by atoms with van der Waals surface area (Å²) in [5, 5.41) is 2.76. The summed E-state index contributed by atoms with van der Waals surface area (Å²) in [7, 11) is 0. The second-order valence-electron chi connectivity index (χ2n) is 6.79. The van der Waals surface area contributed by atoms with Gasteiger partial charge in [-0.1, -0.05) is 54.6 Å². The maximum absolute atomic E-state index is 4.59. The number of hydrogen-bond donors (Lipinski definition) is 0. The smallest absolute Gasteiger partial charge is 0.0705 e. The van der Waals surface area contributed by atoms with Crippen molar-refractivity contribution in [2.45, 2.75) is 6.42 Å². The zero-order valence-corrected chi connectivity index (χ0v) is 14.9. The molecule has 0 amide bonds. The second kappa shape index (κ2) is 5.26. The lowest BCUT2D eigenvalue weighted by Gasteiger charge is -2.07. The van der Waals surface area contributed by atoms with Gasteiger partial charge in [-0.25, -0.2) is 0 Å². The maximum atomic E-state index is 4.59. The van der Waals surface area contributed by atoms with E-state index in [-0.39, 0.29) is 0 Å². The number of rotatable bonds is 1. The second-order valence-corrected chi connectivity index (χ2v) is 7.84. The Kier molecular flexibility index (Phi) is 2.88. The van der Waals surface area contributed by atoms with E-state index in [2.05, 4.69) is 71.7 Å². The Morgan fingerprint density at radius 2 is 1.50 bits per heavy atom. The molecule has 0 fully saturated rings. The van der Waals surface area contributed by atoms with E-state index in [1.54, 1.807) is 0 Å². The van der Waals surface area contributed by atoms with Gasteiger partial charge in [0.05, 0.1) is 5.69 Å². The first-order valence-electron chi connectivity index (χ1n) is 8.87. The van der Waals surface area contributed by atoms with Crippen molar-refractivity contribution in [3.05, 3.63) is 90.1 Å². The third-order valence-electron chi connectivity index (χ3n) is 5.41. The van der Waals surface area contributed by atoms with Crippen molar-refractivity contribution in [3.8, 4) is 22.4 Å². The summed E-state index contributed by atoms with van der Waals surface area (Å²) in [6.45, 7) is 0. The van der Waals surface area contributed by atoms with Gasteiger partial charge in [-0.3, -0.25) is 4.98 Å². The van der Waals surface area contributed by atoms with Gasteiger partial charge in [-0.05, 0) is 40.5 Å². The van der Waals surface area contributed by atoms with E-state index < -0.39 is 0 Å². The molecule has 0 spiro atoms. The molecule has 1 nitrogen and oxygen atoms in total. The van der Waals surface area contributed by atoms with Crippen LogP contribution in [0.2, 0.25) is 0 Å². The quantitative estimate of drug-likeness (QED) is 0.322. The fourth-order valence-corrected chi connectivity index (χ4v) is 5.49. The van der Waals surface area contributed by atoms with Gasteiger partial charge in [-0.2, -0.15) is 0 Å². The van der Waals surface area contributed by atoms with Gasteiger partial charge in [0.25, 0.3) is 0 Å². The molecule has 0 saturated heterocycles. The zero-order chi connectivity index (χ0) is 17.1. The van der Waals surface area contributed by atoms with E-state index in [0.717, 1.165) is 12.1 Å². The minimum absolute atomic E-state index is 0.988. The highest BCUT2D eigenvalue weighted by Gasteiger charge is 2.24. The number of hydrogen-bond acceptors (Lipinski definition) is 2. The van der Waals surface area contributed by atoms with Crippen molar-refractivity contribution in [2.24, 2.45) is 0 Å². The van der Waals surface area contributed by atoms with Gasteiger partial charge in [0.15, 0.2) is 0 Å². The van der Waals surface area contributed by atoms with E-state index in [1.807, 2.05) is 23.6 Å². The van der Waals surface area contributed by atoms with Gasteiger partial charge in [0, 0.05) is 38.4 Å². The standard InChI is InChI=1S/C24H15NS/c1-2-10-23-18(6-1)19-12-11-16-15-7-5-8-17(22-9-3-4-13-25-22)20(15)14-21(16)24(19)26-23/h1-13H,14H2. The molecule has 2 aromatic heterocycles. The molecule has 0 radical (unpaired) electrons. The summed E-state index contributed by atoms with van der Waals surface area (Å²) >= 11 is 1.92. The topological polar surface area (TPSA) is 12.9 Å². The molecule has 0 N–H and O–H groups in total. The van der Waals surface area contributed by atoms with E-state index >= 15 is 0 Å². The molecule has 0 atom stereocenters. The lowest BCUT2D eigenvalue weighted by atomic mass is 9.99. The van der Waals surface area contributed by atoms with Crippen LogP contribution in [0.4, 0.5) is 0 Å². The molecule has 122 valence electrons. The minimum atomic E-state index is 0.988. The Morgan fingerprint density at radius 1 is 0.654 bits per heavy atom. The van der Waals surface area contributed by atoms with Crippen molar-refractivity contribution < 1.29 is 0 Å². The average Bonchev–Trinajstić information content (AvgIpc) is 3.27. The molecule has 0 saturated carbocycles. The molecule has 1 aliphatic carbocycles. The Hall–Kier alpha value is -2.97. The molecule has 2 heteroatoms. The largest absolute Gasteiger partial charge is 0.256 e. The van der Waals surface area contributed by atoms with Crippen molar-refractivity contribution in [3.63, 3.8) is 0 Å². The molecule has 3 aromatic carbocycles. The van der Waals surface area contributed by atoms with Crippen molar-refractivity contribution in [1.29, 1.82) is 0 Å². The molecular weight excluding hydrogens is 334 g/mol. The van der Waals surface area contributed by atoms with E-state index in [0.29, 0.717) is 0 Å². The molecule has 26 heavy (non-hydrogen) atoms. The number of pyridine rings is 1. The Labute approximate surface area is 155 Å². The summed E-state index contributed by atoms with van der Waals surface area (Å²) < 4.78 is 2.81. The predicted molar refractivity (Wildman–Crippen MR) is 111 cm³/mol. The first kappa shape index (κ1) is 14.2. The van der Waals surface area contributed by atoms with Gasteiger partial charge in [0.1, 0.15) is 0 Å². The molecule has 0 bridgehead atoms. The van der Waals surface area contributed by atoms with Gasteiger partial charge in [0.2, 0.25) is 0 Å². The van der Waals surface area contributed by atoms with Crippen LogP contribution in [-0.4, -0.2) is 4.98 Å². The Morgan fingerprint density at radius 3 is 2.42 bits per heavy atom. The van der Waals surface area contributed by atoms with Crippen molar-refractivity contribution in [1.82, 2.24) is 4.98 Å². The zero-order valence-electron chi connectivity index (χ0n) is 14.1. The Bertz CT molecular complexity index is 1300. The minimum Gasteiger partial charge on any atom is -0.256 e. The third-order valence-corrected chi connectivity index (χ3v) is 6.66. The SMILES string of the molecule is c1ccc(-c2cccc3c2Cc2c-3ccc3c2sc2ccccc23)nc1. The predicted octanol–water partition coefficient (Wildman–Crippen LogP) is 6.69. The first-order chi connectivity index (χ1) is 12.9. The summed E-state index contributed by atoms with van der Waals surface area (Å²) in [6, 6.07) is 26.1. The van der Waals surface area contributed by atoms with Crippen molar-refractivity contribution >= 4 is 31.5 Å².